The molecule has 3 aromatic rings. The molecule has 1 atom stereocenters. The topological polar surface area (TPSA) is 33.2 Å². The number of benzene rings is 2. The number of nitrogens with zero attached hydrogens (tertiary/aromatic N) is 2. The molecule has 0 radical (unpaired) electrons. The van der Waals surface area contributed by atoms with Gasteiger partial charge < -0.3 is 4.90 Å². The molecular formula is C21H20N2OS. The van der Waals surface area contributed by atoms with Crippen molar-refractivity contribution < 1.29 is 4.79 Å². The zero-order valence-corrected chi connectivity index (χ0v) is 15.0. The van der Waals surface area contributed by atoms with Crippen molar-refractivity contribution in [3.05, 3.63) is 76.8 Å². The van der Waals surface area contributed by atoms with Gasteiger partial charge in [-0.05, 0) is 25.3 Å². The summed E-state index contributed by atoms with van der Waals surface area (Å²) in [4.78, 5) is 20.6. The van der Waals surface area contributed by atoms with Crippen molar-refractivity contribution >= 4 is 17.2 Å². The molecule has 0 bridgehead atoms. The molecular weight excluding hydrogens is 328 g/mol. The Morgan fingerprint density at radius 3 is 2.48 bits per heavy atom. The lowest BCUT2D eigenvalue weighted by Crippen LogP contribution is -2.30. The van der Waals surface area contributed by atoms with Crippen LogP contribution in [0.1, 0.15) is 39.8 Å². The van der Waals surface area contributed by atoms with Crippen molar-refractivity contribution in [3.8, 4) is 10.6 Å². The summed E-state index contributed by atoms with van der Waals surface area (Å²) in [5.41, 5.74) is 3.11. The highest BCUT2D eigenvalue weighted by Gasteiger charge is 2.32. The van der Waals surface area contributed by atoms with Crippen LogP contribution < -0.4 is 0 Å². The van der Waals surface area contributed by atoms with Crippen LogP contribution in [0, 0.1) is 6.92 Å². The molecule has 2 aromatic carbocycles. The van der Waals surface area contributed by atoms with Gasteiger partial charge in [-0.1, -0.05) is 60.7 Å². The van der Waals surface area contributed by atoms with E-state index in [9.17, 15) is 4.79 Å². The van der Waals surface area contributed by atoms with Gasteiger partial charge in [-0.3, -0.25) is 4.79 Å². The molecule has 1 saturated heterocycles. The highest BCUT2D eigenvalue weighted by atomic mass is 32.1. The van der Waals surface area contributed by atoms with E-state index in [4.69, 9.17) is 0 Å². The second-order valence-electron chi connectivity index (χ2n) is 6.37. The minimum Gasteiger partial charge on any atom is -0.331 e. The minimum atomic E-state index is 0.114. The fourth-order valence-corrected chi connectivity index (χ4v) is 4.49. The molecule has 126 valence electrons. The van der Waals surface area contributed by atoms with Gasteiger partial charge in [0.25, 0.3) is 5.91 Å². The molecule has 1 fully saturated rings. The fourth-order valence-electron chi connectivity index (χ4n) is 3.46. The van der Waals surface area contributed by atoms with Gasteiger partial charge in [-0.25, -0.2) is 4.98 Å². The quantitative estimate of drug-likeness (QED) is 0.660. The molecule has 0 saturated carbocycles. The van der Waals surface area contributed by atoms with Gasteiger partial charge in [-0.2, -0.15) is 0 Å². The Morgan fingerprint density at radius 1 is 1.08 bits per heavy atom. The van der Waals surface area contributed by atoms with Crippen LogP contribution in [0.3, 0.4) is 0 Å². The second kappa shape index (κ2) is 6.81. The number of likely N-dealkylation sites (tertiary alicyclic amines) is 1. The van der Waals surface area contributed by atoms with Crippen molar-refractivity contribution in [2.75, 3.05) is 6.54 Å². The van der Waals surface area contributed by atoms with Crippen LogP contribution in [-0.2, 0) is 0 Å². The van der Waals surface area contributed by atoms with E-state index >= 15 is 0 Å². The number of hydrogen-bond acceptors (Lipinski definition) is 3. The predicted molar refractivity (Wildman–Crippen MR) is 102 cm³/mol. The highest BCUT2D eigenvalue weighted by Crippen LogP contribution is 2.35. The van der Waals surface area contributed by atoms with Crippen molar-refractivity contribution in [3.63, 3.8) is 0 Å². The van der Waals surface area contributed by atoms with E-state index in [2.05, 4.69) is 17.1 Å². The number of aromatic nitrogens is 1. The summed E-state index contributed by atoms with van der Waals surface area (Å²) in [7, 11) is 0. The Kier molecular flexibility index (Phi) is 4.36. The summed E-state index contributed by atoms with van der Waals surface area (Å²) in [6, 6.07) is 20.6. The molecule has 1 amide bonds. The lowest BCUT2D eigenvalue weighted by molar-refractivity contribution is 0.0739. The molecule has 0 aliphatic carbocycles. The molecule has 0 N–H and O–H groups in total. The number of hydrogen-bond donors (Lipinski definition) is 0. The van der Waals surface area contributed by atoms with Gasteiger partial charge in [-0.15, -0.1) is 11.3 Å². The molecule has 1 aromatic heterocycles. The summed E-state index contributed by atoms with van der Waals surface area (Å²) < 4.78 is 0. The van der Waals surface area contributed by atoms with Crippen molar-refractivity contribution in [2.24, 2.45) is 0 Å². The van der Waals surface area contributed by atoms with E-state index < -0.39 is 0 Å². The maximum absolute atomic E-state index is 13.2. The predicted octanol–water partition coefficient (Wildman–Crippen LogP) is 5.10. The SMILES string of the molecule is Cc1nc(-c2ccccc2)sc1C(=O)N1CCC[C@@H]1c1ccccc1. The largest absolute Gasteiger partial charge is 0.331 e. The third kappa shape index (κ3) is 3.10. The van der Waals surface area contributed by atoms with Crippen molar-refractivity contribution in [1.82, 2.24) is 9.88 Å². The lowest BCUT2D eigenvalue weighted by atomic mass is 10.0. The molecule has 4 heteroatoms. The first kappa shape index (κ1) is 16.0. The van der Waals surface area contributed by atoms with E-state index in [0.29, 0.717) is 0 Å². The first-order valence-electron chi connectivity index (χ1n) is 8.63. The van der Waals surface area contributed by atoms with Crippen molar-refractivity contribution in [1.29, 1.82) is 0 Å². The van der Waals surface area contributed by atoms with E-state index in [1.165, 1.54) is 16.9 Å². The zero-order chi connectivity index (χ0) is 17.2. The third-order valence-electron chi connectivity index (χ3n) is 4.71. The van der Waals surface area contributed by atoms with Gasteiger partial charge in [0.15, 0.2) is 0 Å². The Hall–Kier alpha value is -2.46. The van der Waals surface area contributed by atoms with Crippen LogP contribution in [-0.4, -0.2) is 22.3 Å². The summed E-state index contributed by atoms with van der Waals surface area (Å²) in [6.45, 7) is 2.75. The summed E-state index contributed by atoms with van der Waals surface area (Å²) in [5, 5.41) is 0.914. The smallest absolute Gasteiger partial charge is 0.266 e. The monoisotopic (exact) mass is 348 g/mol. The molecule has 0 spiro atoms. The van der Waals surface area contributed by atoms with E-state index in [-0.39, 0.29) is 11.9 Å². The Balaban J connectivity index is 1.64. The van der Waals surface area contributed by atoms with Crippen LogP contribution in [0.2, 0.25) is 0 Å². The first-order valence-corrected chi connectivity index (χ1v) is 9.44. The Morgan fingerprint density at radius 2 is 1.76 bits per heavy atom. The molecule has 1 aliphatic heterocycles. The molecule has 25 heavy (non-hydrogen) atoms. The second-order valence-corrected chi connectivity index (χ2v) is 7.37. The number of thiazole rings is 1. The molecule has 2 heterocycles. The van der Waals surface area contributed by atoms with E-state index in [1.807, 2.05) is 60.4 Å². The number of rotatable bonds is 3. The highest BCUT2D eigenvalue weighted by molar-refractivity contribution is 7.17. The van der Waals surface area contributed by atoms with E-state index in [1.54, 1.807) is 0 Å². The molecule has 1 aliphatic rings. The molecule has 3 nitrogen and oxygen atoms in total. The Bertz CT molecular complexity index is 873. The average molecular weight is 348 g/mol. The van der Waals surface area contributed by atoms with Crippen molar-refractivity contribution in [2.45, 2.75) is 25.8 Å². The van der Waals surface area contributed by atoms with Gasteiger partial charge >= 0.3 is 0 Å². The summed E-state index contributed by atoms with van der Waals surface area (Å²) in [5.74, 6) is 0.114. The van der Waals surface area contributed by atoms with Crippen LogP contribution in [0.4, 0.5) is 0 Å². The summed E-state index contributed by atoms with van der Waals surface area (Å²) >= 11 is 1.50. The van der Waals surface area contributed by atoms with Crippen LogP contribution in [0.15, 0.2) is 60.7 Å². The summed E-state index contributed by atoms with van der Waals surface area (Å²) in [6.07, 6.45) is 2.08. The van der Waals surface area contributed by atoms with Gasteiger partial charge in [0.2, 0.25) is 0 Å². The number of carbonyl (C=O) groups is 1. The maximum Gasteiger partial charge on any atom is 0.266 e. The number of amides is 1. The van der Waals surface area contributed by atoms with Gasteiger partial charge in [0.05, 0.1) is 11.7 Å². The lowest BCUT2D eigenvalue weighted by Gasteiger charge is -2.24. The van der Waals surface area contributed by atoms with Crippen LogP contribution in [0.5, 0.6) is 0 Å². The first-order chi connectivity index (χ1) is 12.2. The normalized spacial score (nSPS) is 17.0. The van der Waals surface area contributed by atoms with Gasteiger partial charge in [0, 0.05) is 12.1 Å². The van der Waals surface area contributed by atoms with Crippen LogP contribution in [0.25, 0.3) is 10.6 Å². The van der Waals surface area contributed by atoms with Crippen LogP contribution >= 0.6 is 11.3 Å². The number of aryl methyl sites for hydroxylation is 1. The van der Waals surface area contributed by atoms with Gasteiger partial charge in [0.1, 0.15) is 9.88 Å². The zero-order valence-electron chi connectivity index (χ0n) is 14.2. The van der Waals surface area contributed by atoms with E-state index in [0.717, 1.165) is 40.5 Å². The average Bonchev–Trinajstić information content (AvgIpc) is 3.30. The minimum absolute atomic E-state index is 0.114. The molecule has 0 unspecified atom stereocenters. The standard InChI is InChI=1S/C21H20N2OS/c1-15-19(25-20(22-15)17-11-6-3-7-12-17)21(24)23-14-8-13-18(23)16-9-4-2-5-10-16/h2-7,9-12,18H,8,13-14H2,1H3/t18-/m1/s1. The third-order valence-corrected chi connectivity index (χ3v) is 5.90. The fraction of sp³-hybridized carbons (Fsp3) is 0.238. The molecule has 4 rings (SSSR count). The number of carbonyl (C=O) groups excluding carboxylic acids is 1. The maximum atomic E-state index is 13.2. The Labute approximate surface area is 152 Å².